The normalized spacial score (nSPS) is 14.6. The molecule has 0 spiro atoms. The third-order valence-electron chi connectivity index (χ3n) is 4.97. The number of benzene rings is 2. The molecule has 1 aliphatic rings. The van der Waals surface area contributed by atoms with Crippen molar-refractivity contribution in [2.75, 3.05) is 13.1 Å². The molecule has 0 atom stereocenters. The van der Waals surface area contributed by atoms with Crippen LogP contribution in [0, 0.1) is 13.8 Å². The zero-order valence-corrected chi connectivity index (χ0v) is 15.3. The Hall–Kier alpha value is -2.13. The number of carbonyl (C=O) groups is 1. The van der Waals surface area contributed by atoms with E-state index in [1.807, 2.05) is 0 Å². The third-order valence-corrected chi connectivity index (χ3v) is 4.97. The van der Waals surface area contributed by atoms with E-state index in [4.69, 9.17) is 0 Å². The maximum Gasteiger partial charge on any atom is 0.224 e. The molecule has 3 rings (SSSR count). The second-order valence-electron chi connectivity index (χ2n) is 7.18. The highest BCUT2D eigenvalue weighted by molar-refractivity contribution is 5.79. The summed E-state index contributed by atoms with van der Waals surface area (Å²) in [6.45, 7) is 8.19. The Kier molecular flexibility index (Phi) is 5.87. The monoisotopic (exact) mass is 336 g/mol. The standard InChI is InChI=1S/C22H28N2O/c1-17-5-6-18(2)21(13-17)14-22(25)23-15-19-7-9-20(10-8-19)16-24-11-3-4-12-24/h5-10,13H,3-4,11-12,14-16H2,1-2H3,(H,23,25). The lowest BCUT2D eigenvalue weighted by Crippen LogP contribution is -2.25. The van der Waals surface area contributed by atoms with Crippen LogP contribution in [0.3, 0.4) is 0 Å². The van der Waals surface area contributed by atoms with Gasteiger partial charge in [0, 0.05) is 13.1 Å². The average Bonchev–Trinajstić information content (AvgIpc) is 3.10. The largest absolute Gasteiger partial charge is 0.352 e. The van der Waals surface area contributed by atoms with Crippen LogP contribution in [-0.2, 0) is 24.3 Å². The van der Waals surface area contributed by atoms with Crippen LogP contribution in [-0.4, -0.2) is 23.9 Å². The quantitative estimate of drug-likeness (QED) is 0.871. The van der Waals surface area contributed by atoms with Gasteiger partial charge in [-0.15, -0.1) is 0 Å². The molecule has 1 N–H and O–H groups in total. The smallest absolute Gasteiger partial charge is 0.224 e. The van der Waals surface area contributed by atoms with Gasteiger partial charge >= 0.3 is 0 Å². The van der Waals surface area contributed by atoms with E-state index in [0.29, 0.717) is 13.0 Å². The summed E-state index contributed by atoms with van der Waals surface area (Å²) in [4.78, 5) is 14.7. The van der Waals surface area contributed by atoms with Crippen LogP contribution in [0.2, 0.25) is 0 Å². The minimum Gasteiger partial charge on any atom is -0.352 e. The Bertz CT molecular complexity index is 715. The molecule has 0 unspecified atom stereocenters. The zero-order chi connectivity index (χ0) is 17.6. The van der Waals surface area contributed by atoms with Crippen molar-refractivity contribution < 1.29 is 4.79 Å². The zero-order valence-electron chi connectivity index (χ0n) is 15.3. The van der Waals surface area contributed by atoms with Gasteiger partial charge in [0.25, 0.3) is 0 Å². The fourth-order valence-electron chi connectivity index (χ4n) is 3.39. The third kappa shape index (κ3) is 5.17. The Balaban J connectivity index is 1.49. The summed E-state index contributed by atoms with van der Waals surface area (Å²) in [5.41, 5.74) is 5.99. The molecule has 0 aliphatic carbocycles. The first kappa shape index (κ1) is 17.7. The number of aryl methyl sites for hydroxylation is 2. The Morgan fingerprint density at radius 2 is 1.68 bits per heavy atom. The number of rotatable bonds is 6. The van der Waals surface area contributed by atoms with Crippen molar-refractivity contribution >= 4 is 5.91 Å². The minimum absolute atomic E-state index is 0.0786. The summed E-state index contributed by atoms with van der Waals surface area (Å²) in [7, 11) is 0. The number of amides is 1. The van der Waals surface area contributed by atoms with Crippen LogP contribution in [0.5, 0.6) is 0 Å². The molecule has 0 bridgehead atoms. The first-order valence-corrected chi connectivity index (χ1v) is 9.23. The highest BCUT2D eigenvalue weighted by Crippen LogP contribution is 2.14. The van der Waals surface area contributed by atoms with Crippen LogP contribution >= 0.6 is 0 Å². The maximum atomic E-state index is 12.2. The summed E-state index contributed by atoms with van der Waals surface area (Å²) < 4.78 is 0. The van der Waals surface area contributed by atoms with Gasteiger partial charge in [0.2, 0.25) is 5.91 Å². The molecule has 0 aromatic heterocycles. The van der Waals surface area contributed by atoms with Crippen LogP contribution in [0.25, 0.3) is 0 Å². The van der Waals surface area contributed by atoms with Crippen LogP contribution < -0.4 is 5.32 Å². The molecule has 1 saturated heterocycles. The molecule has 132 valence electrons. The topological polar surface area (TPSA) is 32.3 Å². The van der Waals surface area contributed by atoms with Gasteiger partial charge in [0.05, 0.1) is 6.42 Å². The molecule has 1 heterocycles. The molecule has 2 aromatic rings. The number of nitrogens with zero attached hydrogens (tertiary/aromatic N) is 1. The number of nitrogens with one attached hydrogen (secondary N) is 1. The molecule has 1 amide bonds. The Labute approximate surface area is 151 Å². The fourth-order valence-corrected chi connectivity index (χ4v) is 3.39. The van der Waals surface area contributed by atoms with Crippen molar-refractivity contribution in [3.63, 3.8) is 0 Å². The van der Waals surface area contributed by atoms with Gasteiger partial charge in [0.1, 0.15) is 0 Å². The first-order chi connectivity index (χ1) is 12.1. The molecule has 3 nitrogen and oxygen atoms in total. The van der Waals surface area contributed by atoms with E-state index < -0.39 is 0 Å². The van der Waals surface area contributed by atoms with Gasteiger partial charge in [-0.2, -0.15) is 0 Å². The minimum atomic E-state index is 0.0786. The fraction of sp³-hybridized carbons (Fsp3) is 0.409. The SMILES string of the molecule is Cc1ccc(C)c(CC(=O)NCc2ccc(CN3CCCC3)cc2)c1. The Morgan fingerprint density at radius 3 is 2.40 bits per heavy atom. The van der Waals surface area contributed by atoms with Crippen LogP contribution in [0.15, 0.2) is 42.5 Å². The number of hydrogen-bond acceptors (Lipinski definition) is 2. The van der Waals surface area contributed by atoms with Crippen LogP contribution in [0.4, 0.5) is 0 Å². The number of hydrogen-bond donors (Lipinski definition) is 1. The molecular weight excluding hydrogens is 308 g/mol. The van der Waals surface area contributed by atoms with Gasteiger partial charge in [0.15, 0.2) is 0 Å². The molecule has 0 saturated carbocycles. The van der Waals surface area contributed by atoms with Gasteiger partial charge in [-0.05, 0) is 62.0 Å². The number of carbonyl (C=O) groups excluding carboxylic acids is 1. The van der Waals surface area contributed by atoms with Gasteiger partial charge in [-0.25, -0.2) is 0 Å². The molecule has 2 aromatic carbocycles. The molecule has 3 heteroatoms. The molecule has 25 heavy (non-hydrogen) atoms. The maximum absolute atomic E-state index is 12.2. The van der Waals surface area contributed by atoms with Gasteiger partial charge in [-0.1, -0.05) is 48.0 Å². The lowest BCUT2D eigenvalue weighted by atomic mass is 10.0. The average molecular weight is 336 g/mol. The van der Waals surface area contributed by atoms with Crippen molar-refractivity contribution in [1.82, 2.24) is 10.2 Å². The van der Waals surface area contributed by atoms with Crippen molar-refractivity contribution in [2.45, 2.75) is 46.2 Å². The summed E-state index contributed by atoms with van der Waals surface area (Å²) in [6, 6.07) is 14.9. The van der Waals surface area contributed by atoms with Gasteiger partial charge in [-0.3, -0.25) is 9.69 Å². The molecular formula is C22H28N2O. The highest BCUT2D eigenvalue weighted by Gasteiger charge is 2.11. The van der Waals surface area contributed by atoms with Crippen LogP contribution in [0.1, 0.15) is 40.7 Å². The van der Waals surface area contributed by atoms with Crippen molar-refractivity contribution in [1.29, 1.82) is 0 Å². The molecule has 1 fully saturated rings. The second-order valence-corrected chi connectivity index (χ2v) is 7.18. The Morgan fingerprint density at radius 1 is 1.00 bits per heavy atom. The predicted octanol–water partition coefficient (Wildman–Crippen LogP) is 3.76. The van der Waals surface area contributed by atoms with E-state index in [1.54, 1.807) is 0 Å². The van der Waals surface area contributed by atoms with E-state index in [-0.39, 0.29) is 5.91 Å². The summed E-state index contributed by atoms with van der Waals surface area (Å²) >= 11 is 0. The van der Waals surface area contributed by atoms with Crippen molar-refractivity contribution in [3.8, 4) is 0 Å². The summed E-state index contributed by atoms with van der Waals surface area (Å²) in [6.07, 6.45) is 3.09. The summed E-state index contributed by atoms with van der Waals surface area (Å²) in [5, 5.41) is 3.04. The summed E-state index contributed by atoms with van der Waals surface area (Å²) in [5.74, 6) is 0.0786. The van der Waals surface area contributed by atoms with Crippen molar-refractivity contribution in [2.24, 2.45) is 0 Å². The van der Waals surface area contributed by atoms with E-state index in [9.17, 15) is 4.79 Å². The number of likely N-dealkylation sites (tertiary alicyclic amines) is 1. The molecule has 0 radical (unpaired) electrons. The van der Waals surface area contributed by atoms with Gasteiger partial charge < -0.3 is 5.32 Å². The molecule has 1 aliphatic heterocycles. The lowest BCUT2D eigenvalue weighted by molar-refractivity contribution is -0.120. The predicted molar refractivity (Wildman–Crippen MR) is 102 cm³/mol. The van der Waals surface area contributed by atoms with E-state index in [2.05, 4.69) is 66.5 Å². The van der Waals surface area contributed by atoms with E-state index >= 15 is 0 Å². The lowest BCUT2D eigenvalue weighted by Gasteiger charge is -2.14. The van der Waals surface area contributed by atoms with Crippen molar-refractivity contribution in [3.05, 3.63) is 70.3 Å². The highest BCUT2D eigenvalue weighted by atomic mass is 16.1. The van der Waals surface area contributed by atoms with E-state index in [0.717, 1.165) is 17.7 Å². The first-order valence-electron chi connectivity index (χ1n) is 9.23. The second kappa shape index (κ2) is 8.30. The van der Waals surface area contributed by atoms with E-state index in [1.165, 1.54) is 42.6 Å².